The van der Waals surface area contributed by atoms with Gasteiger partial charge in [-0.15, -0.1) is 11.8 Å². The highest BCUT2D eigenvalue weighted by Gasteiger charge is 2.47. The Balaban J connectivity index is 2.30. The summed E-state index contributed by atoms with van der Waals surface area (Å²) in [6.07, 6.45) is -2.81. The molecule has 0 bridgehead atoms. The molecular weight excluding hydrogens is 513 g/mol. The van der Waals surface area contributed by atoms with Gasteiger partial charge >= 0.3 is 17.9 Å². The predicted molar refractivity (Wildman–Crippen MR) is 106 cm³/mol. The molecule has 0 amide bonds. The van der Waals surface area contributed by atoms with Crippen molar-refractivity contribution in [2.75, 3.05) is 5.75 Å². The normalized spacial score (nSPS) is 24.6. The molecule has 0 aromatic carbocycles. The van der Waals surface area contributed by atoms with Crippen LogP contribution in [0.4, 0.5) is 0 Å². The lowest BCUT2D eigenvalue weighted by atomic mass is 10.1. The quantitative estimate of drug-likeness (QED) is 0.246. The molecule has 0 radical (unpaired) electrons. The van der Waals surface area contributed by atoms with Crippen LogP contribution in [0.3, 0.4) is 0 Å². The number of carbonyl (C=O) groups excluding carboxylic acids is 3. The standard InChI is InChI=1S/C16H17ClINO7S/c1-7(20)23-11-6-27-16(26-10-4-5-12(18)19-15(10)17)14(25-9(3)22)13(11)24-8(2)21/h4-5,11,13-14,16H,6H2,1-3H3/t11-,13+,14-,16?/m1/s1. The summed E-state index contributed by atoms with van der Waals surface area (Å²) in [7, 11) is 0. The van der Waals surface area contributed by atoms with Gasteiger partial charge in [0, 0.05) is 26.5 Å². The summed E-state index contributed by atoms with van der Waals surface area (Å²) in [5.41, 5.74) is -0.746. The number of thioether (sulfide) groups is 1. The van der Waals surface area contributed by atoms with Gasteiger partial charge in [0.05, 0.1) is 0 Å². The zero-order valence-corrected chi connectivity index (χ0v) is 18.4. The second-order valence-electron chi connectivity index (χ2n) is 5.54. The largest absolute Gasteiger partial charge is 0.472 e. The third-order valence-corrected chi connectivity index (χ3v) is 5.41. The lowest BCUT2D eigenvalue weighted by molar-refractivity contribution is -0.186. The molecule has 1 aliphatic rings. The van der Waals surface area contributed by atoms with Crippen LogP contribution in [0, 0.1) is 3.70 Å². The maximum atomic E-state index is 11.6. The van der Waals surface area contributed by atoms with E-state index in [1.807, 2.05) is 22.6 Å². The average molecular weight is 530 g/mol. The Hall–Kier alpha value is -1.27. The molecule has 0 aliphatic carbocycles. The van der Waals surface area contributed by atoms with Gasteiger partial charge in [-0.05, 0) is 34.7 Å². The number of nitrogens with zero attached hydrogens (tertiary/aromatic N) is 1. The van der Waals surface area contributed by atoms with E-state index in [1.54, 1.807) is 12.1 Å². The number of hydrogen-bond donors (Lipinski definition) is 0. The van der Waals surface area contributed by atoms with Crippen LogP contribution < -0.4 is 4.74 Å². The van der Waals surface area contributed by atoms with Crippen LogP contribution in [0.15, 0.2) is 12.1 Å². The van der Waals surface area contributed by atoms with E-state index in [4.69, 9.17) is 30.5 Å². The summed E-state index contributed by atoms with van der Waals surface area (Å²) in [5, 5.41) is 0.148. The van der Waals surface area contributed by atoms with Crippen molar-refractivity contribution in [1.82, 2.24) is 4.98 Å². The molecule has 8 nitrogen and oxygen atoms in total. The molecular formula is C16H17ClINO7S. The first kappa shape index (κ1) is 22.0. The highest BCUT2D eigenvalue weighted by atomic mass is 127. The summed E-state index contributed by atoms with van der Waals surface area (Å²) in [4.78, 5) is 38.6. The van der Waals surface area contributed by atoms with Gasteiger partial charge in [-0.2, -0.15) is 0 Å². The first-order valence-electron chi connectivity index (χ1n) is 7.79. The van der Waals surface area contributed by atoms with E-state index < -0.39 is 41.7 Å². The van der Waals surface area contributed by atoms with Gasteiger partial charge < -0.3 is 18.9 Å². The maximum Gasteiger partial charge on any atom is 0.303 e. The molecule has 2 rings (SSSR count). The van der Waals surface area contributed by atoms with Crippen LogP contribution in [-0.2, 0) is 28.6 Å². The molecule has 27 heavy (non-hydrogen) atoms. The zero-order valence-electron chi connectivity index (χ0n) is 14.6. The van der Waals surface area contributed by atoms with Crippen molar-refractivity contribution < 1.29 is 33.3 Å². The van der Waals surface area contributed by atoms with E-state index in [0.717, 1.165) is 0 Å². The molecule has 11 heteroatoms. The SMILES string of the molecule is CC(=O)O[C@H]1[C@H](OC(C)=O)CSC(Oc2ccc(I)nc2Cl)[C@@H]1OC(C)=O. The Labute approximate surface area is 178 Å². The molecule has 1 saturated heterocycles. The van der Waals surface area contributed by atoms with Crippen molar-refractivity contribution in [3.8, 4) is 5.75 Å². The summed E-state index contributed by atoms with van der Waals surface area (Å²) in [6, 6.07) is 3.35. The molecule has 1 aromatic heterocycles. The van der Waals surface area contributed by atoms with Crippen molar-refractivity contribution in [2.45, 2.75) is 44.5 Å². The fourth-order valence-electron chi connectivity index (χ4n) is 2.42. The van der Waals surface area contributed by atoms with E-state index >= 15 is 0 Å². The Morgan fingerprint density at radius 3 is 2.22 bits per heavy atom. The molecule has 1 unspecified atom stereocenters. The number of esters is 3. The number of carbonyl (C=O) groups is 3. The molecule has 0 N–H and O–H groups in total. The van der Waals surface area contributed by atoms with Crippen molar-refractivity contribution in [2.24, 2.45) is 0 Å². The molecule has 2 heterocycles. The highest BCUT2D eigenvalue weighted by Crippen LogP contribution is 2.35. The number of ether oxygens (including phenoxy) is 4. The lowest BCUT2D eigenvalue weighted by Gasteiger charge is -2.39. The fourth-order valence-corrected chi connectivity index (χ4v) is 4.39. The molecule has 0 spiro atoms. The van der Waals surface area contributed by atoms with Crippen molar-refractivity contribution in [3.63, 3.8) is 0 Å². The van der Waals surface area contributed by atoms with Gasteiger partial charge in [-0.1, -0.05) is 11.6 Å². The van der Waals surface area contributed by atoms with Crippen molar-refractivity contribution in [1.29, 1.82) is 0 Å². The number of aromatic nitrogens is 1. The number of halogens is 2. The minimum absolute atomic E-state index is 0.148. The fraction of sp³-hybridized carbons (Fsp3) is 0.500. The van der Waals surface area contributed by atoms with E-state index in [9.17, 15) is 14.4 Å². The number of rotatable bonds is 5. The van der Waals surface area contributed by atoms with Gasteiger partial charge in [-0.3, -0.25) is 14.4 Å². The molecule has 1 aliphatic heterocycles. The van der Waals surface area contributed by atoms with E-state index in [1.165, 1.54) is 32.5 Å². The first-order chi connectivity index (χ1) is 12.7. The summed E-state index contributed by atoms with van der Waals surface area (Å²) < 4.78 is 22.4. The van der Waals surface area contributed by atoms with Gasteiger partial charge in [0.2, 0.25) is 0 Å². The van der Waals surface area contributed by atoms with Gasteiger partial charge in [-0.25, -0.2) is 4.98 Å². The maximum absolute atomic E-state index is 11.6. The van der Waals surface area contributed by atoms with Crippen molar-refractivity contribution in [3.05, 3.63) is 21.0 Å². The third kappa shape index (κ3) is 6.39. The number of pyridine rings is 1. The average Bonchev–Trinajstić information content (AvgIpc) is 2.53. The van der Waals surface area contributed by atoms with E-state index in [-0.39, 0.29) is 10.9 Å². The van der Waals surface area contributed by atoms with Crippen LogP contribution in [0.5, 0.6) is 5.75 Å². The molecule has 4 atom stereocenters. The van der Waals surface area contributed by atoms with Crippen molar-refractivity contribution >= 4 is 63.9 Å². The minimum atomic E-state index is -1.02. The second kappa shape index (κ2) is 9.78. The molecule has 148 valence electrons. The summed E-state index contributed by atoms with van der Waals surface area (Å²) in [5.74, 6) is -1.17. The summed E-state index contributed by atoms with van der Waals surface area (Å²) in [6.45, 7) is 3.69. The predicted octanol–water partition coefficient (Wildman–Crippen LogP) is 2.59. The first-order valence-corrected chi connectivity index (χ1v) is 10.3. The Kier molecular flexibility index (Phi) is 7.98. The van der Waals surface area contributed by atoms with Gasteiger partial charge in [0.1, 0.15) is 3.70 Å². The van der Waals surface area contributed by atoms with E-state index in [0.29, 0.717) is 9.45 Å². The van der Waals surface area contributed by atoms with Crippen LogP contribution in [0.1, 0.15) is 20.8 Å². The van der Waals surface area contributed by atoms with Gasteiger partial charge in [0.15, 0.2) is 34.7 Å². The van der Waals surface area contributed by atoms with Crippen LogP contribution in [-0.4, -0.2) is 52.4 Å². The Morgan fingerprint density at radius 2 is 1.67 bits per heavy atom. The Morgan fingerprint density at radius 1 is 1.07 bits per heavy atom. The molecule has 0 saturated carbocycles. The minimum Gasteiger partial charge on any atom is -0.472 e. The highest BCUT2D eigenvalue weighted by molar-refractivity contribution is 14.1. The molecule has 1 aromatic rings. The van der Waals surface area contributed by atoms with Crippen LogP contribution in [0.2, 0.25) is 5.15 Å². The van der Waals surface area contributed by atoms with Crippen LogP contribution >= 0.6 is 46.0 Å². The smallest absolute Gasteiger partial charge is 0.303 e. The van der Waals surface area contributed by atoms with E-state index in [2.05, 4.69) is 4.98 Å². The zero-order chi connectivity index (χ0) is 20.1. The monoisotopic (exact) mass is 529 g/mol. The second-order valence-corrected chi connectivity index (χ2v) is 8.13. The number of hydrogen-bond acceptors (Lipinski definition) is 9. The Bertz CT molecular complexity index is 735. The summed E-state index contributed by atoms with van der Waals surface area (Å²) >= 11 is 9.37. The lowest BCUT2D eigenvalue weighted by Crippen LogP contribution is -2.55. The van der Waals surface area contributed by atoms with Gasteiger partial charge in [0.25, 0.3) is 0 Å². The topological polar surface area (TPSA) is 101 Å². The van der Waals surface area contributed by atoms with Crippen LogP contribution in [0.25, 0.3) is 0 Å². The molecule has 1 fully saturated rings. The third-order valence-electron chi connectivity index (χ3n) is 3.33.